The summed E-state index contributed by atoms with van der Waals surface area (Å²) in [5, 5.41) is 2.89. The van der Waals surface area contributed by atoms with Crippen molar-refractivity contribution in [2.45, 2.75) is 33.2 Å². The van der Waals surface area contributed by atoms with Crippen LogP contribution in [0.25, 0.3) is 0 Å². The Hall–Kier alpha value is -1.55. The van der Waals surface area contributed by atoms with Crippen LogP contribution in [0.2, 0.25) is 0 Å². The van der Waals surface area contributed by atoms with Crippen LogP contribution < -0.4 is 15.8 Å². The minimum absolute atomic E-state index is 0.0577. The van der Waals surface area contributed by atoms with Crippen LogP contribution in [-0.4, -0.2) is 19.1 Å². The molecule has 0 radical (unpaired) electrons. The average molecular weight is 264 g/mol. The molecule has 106 valence electrons. The van der Waals surface area contributed by atoms with E-state index >= 15 is 0 Å². The van der Waals surface area contributed by atoms with Crippen LogP contribution in [-0.2, 0) is 11.3 Å². The zero-order valence-corrected chi connectivity index (χ0v) is 11.8. The van der Waals surface area contributed by atoms with Gasteiger partial charge in [-0.1, -0.05) is 38.8 Å². The van der Waals surface area contributed by atoms with Crippen molar-refractivity contribution in [1.29, 1.82) is 0 Å². The molecule has 0 aliphatic carbocycles. The van der Waals surface area contributed by atoms with Crippen molar-refractivity contribution in [2.24, 2.45) is 11.7 Å². The van der Waals surface area contributed by atoms with E-state index in [2.05, 4.69) is 19.2 Å². The molecule has 19 heavy (non-hydrogen) atoms. The highest BCUT2D eigenvalue weighted by Crippen LogP contribution is 2.11. The summed E-state index contributed by atoms with van der Waals surface area (Å²) in [5.41, 5.74) is 6.56. The molecule has 0 atom stereocenters. The van der Waals surface area contributed by atoms with Crippen LogP contribution in [0.1, 0.15) is 32.3 Å². The lowest BCUT2D eigenvalue weighted by Crippen LogP contribution is -2.32. The van der Waals surface area contributed by atoms with Crippen LogP contribution >= 0.6 is 0 Å². The molecule has 0 saturated heterocycles. The molecular weight excluding hydrogens is 240 g/mol. The van der Waals surface area contributed by atoms with E-state index in [1.165, 1.54) is 0 Å². The van der Waals surface area contributed by atoms with Crippen LogP contribution in [0.15, 0.2) is 24.3 Å². The second kappa shape index (κ2) is 8.53. The number of carbonyl (C=O) groups is 1. The third-order valence-electron chi connectivity index (χ3n) is 3.27. The van der Waals surface area contributed by atoms with Crippen molar-refractivity contribution in [3.8, 4) is 5.75 Å². The number of ether oxygens (including phenoxy) is 1. The summed E-state index contributed by atoms with van der Waals surface area (Å²) in [5.74, 6) is 1.16. The Balaban J connectivity index is 2.29. The molecule has 0 aliphatic heterocycles. The van der Waals surface area contributed by atoms with E-state index in [9.17, 15) is 4.79 Å². The Morgan fingerprint density at radius 3 is 2.42 bits per heavy atom. The molecule has 1 aromatic rings. The summed E-state index contributed by atoms with van der Waals surface area (Å²) < 4.78 is 5.41. The highest BCUT2D eigenvalue weighted by molar-refractivity contribution is 5.77. The van der Waals surface area contributed by atoms with Crippen molar-refractivity contribution in [2.75, 3.05) is 13.2 Å². The summed E-state index contributed by atoms with van der Waals surface area (Å²) in [7, 11) is 0. The van der Waals surface area contributed by atoms with Gasteiger partial charge in [0.25, 0.3) is 5.91 Å². The van der Waals surface area contributed by atoms with Crippen molar-refractivity contribution in [1.82, 2.24) is 5.32 Å². The minimum atomic E-state index is -0.0743. The van der Waals surface area contributed by atoms with Crippen molar-refractivity contribution in [3.63, 3.8) is 0 Å². The number of carbonyl (C=O) groups excluding carboxylic acids is 1. The molecular formula is C15H24N2O2. The molecule has 4 nitrogen and oxygen atoms in total. The zero-order valence-electron chi connectivity index (χ0n) is 11.8. The number of nitrogens with two attached hydrogens (primary N) is 1. The Bertz CT molecular complexity index is 372. The fourth-order valence-corrected chi connectivity index (χ4v) is 1.76. The van der Waals surface area contributed by atoms with E-state index in [0.717, 1.165) is 24.9 Å². The van der Waals surface area contributed by atoms with Gasteiger partial charge in [0.1, 0.15) is 5.75 Å². The Morgan fingerprint density at radius 1 is 1.26 bits per heavy atom. The maximum Gasteiger partial charge on any atom is 0.257 e. The second-order valence-electron chi connectivity index (χ2n) is 4.62. The van der Waals surface area contributed by atoms with Gasteiger partial charge >= 0.3 is 0 Å². The molecule has 3 N–H and O–H groups in total. The van der Waals surface area contributed by atoms with Gasteiger partial charge in [-0.25, -0.2) is 0 Å². The first-order valence-corrected chi connectivity index (χ1v) is 6.88. The average Bonchev–Trinajstić information content (AvgIpc) is 2.46. The van der Waals surface area contributed by atoms with Gasteiger partial charge in [-0.3, -0.25) is 4.79 Å². The normalized spacial score (nSPS) is 10.5. The van der Waals surface area contributed by atoms with Gasteiger partial charge in [0.15, 0.2) is 6.61 Å². The van der Waals surface area contributed by atoms with E-state index in [1.807, 2.05) is 24.3 Å². The number of hydrogen-bond donors (Lipinski definition) is 2. The van der Waals surface area contributed by atoms with Crippen molar-refractivity contribution in [3.05, 3.63) is 29.8 Å². The molecule has 0 saturated carbocycles. The minimum Gasteiger partial charge on any atom is -0.484 e. The van der Waals surface area contributed by atoms with Gasteiger partial charge < -0.3 is 15.8 Å². The summed E-state index contributed by atoms with van der Waals surface area (Å²) in [6, 6.07) is 7.46. The third-order valence-corrected chi connectivity index (χ3v) is 3.27. The van der Waals surface area contributed by atoms with Crippen LogP contribution in [0.4, 0.5) is 0 Å². The fourth-order valence-electron chi connectivity index (χ4n) is 1.76. The Morgan fingerprint density at radius 2 is 1.89 bits per heavy atom. The molecule has 0 aromatic heterocycles. The predicted molar refractivity (Wildman–Crippen MR) is 76.9 cm³/mol. The predicted octanol–water partition coefficient (Wildman–Crippen LogP) is 2.08. The summed E-state index contributed by atoms with van der Waals surface area (Å²) >= 11 is 0. The summed E-state index contributed by atoms with van der Waals surface area (Å²) in [4.78, 5) is 11.6. The quantitative estimate of drug-likeness (QED) is 0.755. The van der Waals surface area contributed by atoms with Crippen LogP contribution in [0.3, 0.4) is 0 Å². The molecule has 1 amide bonds. The molecule has 4 heteroatoms. The summed E-state index contributed by atoms with van der Waals surface area (Å²) in [6.45, 7) is 5.56. The van der Waals surface area contributed by atoms with Gasteiger partial charge in [0.2, 0.25) is 0 Å². The molecule has 0 unspecified atom stereocenters. The topological polar surface area (TPSA) is 64.3 Å². The van der Waals surface area contributed by atoms with Gasteiger partial charge in [0, 0.05) is 13.1 Å². The monoisotopic (exact) mass is 264 g/mol. The standard InChI is InChI=1S/C15H24N2O2/c1-3-12(4-2)10-17-15(18)11-19-14-7-5-13(9-16)6-8-14/h5-8,12H,3-4,9-11,16H2,1-2H3,(H,17,18). The SMILES string of the molecule is CCC(CC)CNC(=O)COc1ccc(CN)cc1. The van der Waals surface area contributed by atoms with E-state index in [0.29, 0.717) is 18.2 Å². The van der Waals surface area contributed by atoms with E-state index in [-0.39, 0.29) is 12.5 Å². The molecule has 0 aliphatic rings. The molecule has 0 bridgehead atoms. The number of benzene rings is 1. The first-order valence-electron chi connectivity index (χ1n) is 6.88. The zero-order chi connectivity index (χ0) is 14.1. The lowest BCUT2D eigenvalue weighted by atomic mass is 10.0. The maximum atomic E-state index is 11.6. The second-order valence-corrected chi connectivity index (χ2v) is 4.62. The smallest absolute Gasteiger partial charge is 0.257 e. The van der Waals surface area contributed by atoms with Gasteiger partial charge in [-0.05, 0) is 23.6 Å². The third kappa shape index (κ3) is 5.75. The van der Waals surface area contributed by atoms with Gasteiger partial charge in [0.05, 0.1) is 0 Å². The number of hydrogen-bond acceptors (Lipinski definition) is 3. The van der Waals surface area contributed by atoms with Crippen LogP contribution in [0.5, 0.6) is 5.75 Å². The Kier molecular flexibility index (Phi) is 6.97. The fraction of sp³-hybridized carbons (Fsp3) is 0.533. The highest BCUT2D eigenvalue weighted by atomic mass is 16.5. The van der Waals surface area contributed by atoms with Crippen molar-refractivity contribution >= 4 is 5.91 Å². The van der Waals surface area contributed by atoms with E-state index in [4.69, 9.17) is 10.5 Å². The number of nitrogens with one attached hydrogen (secondary N) is 1. The van der Waals surface area contributed by atoms with E-state index < -0.39 is 0 Å². The summed E-state index contributed by atoms with van der Waals surface area (Å²) in [6.07, 6.45) is 2.16. The largest absolute Gasteiger partial charge is 0.484 e. The first-order chi connectivity index (χ1) is 9.19. The number of amides is 1. The van der Waals surface area contributed by atoms with Crippen molar-refractivity contribution < 1.29 is 9.53 Å². The lowest BCUT2D eigenvalue weighted by molar-refractivity contribution is -0.123. The maximum absolute atomic E-state index is 11.6. The van der Waals surface area contributed by atoms with Gasteiger partial charge in [-0.2, -0.15) is 0 Å². The van der Waals surface area contributed by atoms with E-state index in [1.54, 1.807) is 0 Å². The molecule has 0 heterocycles. The van der Waals surface area contributed by atoms with Gasteiger partial charge in [-0.15, -0.1) is 0 Å². The first kappa shape index (κ1) is 15.5. The molecule has 1 rings (SSSR count). The lowest BCUT2D eigenvalue weighted by Gasteiger charge is -2.13. The molecule has 0 spiro atoms. The molecule has 1 aromatic carbocycles. The Labute approximate surface area is 115 Å². The molecule has 0 fully saturated rings. The number of rotatable bonds is 8. The highest BCUT2D eigenvalue weighted by Gasteiger charge is 2.07. The van der Waals surface area contributed by atoms with Crippen LogP contribution in [0, 0.1) is 5.92 Å².